The summed E-state index contributed by atoms with van der Waals surface area (Å²) in [7, 11) is 0. The van der Waals surface area contributed by atoms with Crippen LogP contribution in [-0.2, 0) is 0 Å². The molecular formula is C51H31N3O. The molecule has 0 atom stereocenters. The highest BCUT2D eigenvalue weighted by Gasteiger charge is 2.21. The molecular weight excluding hydrogens is 671 g/mol. The van der Waals surface area contributed by atoms with Crippen molar-refractivity contribution in [2.24, 2.45) is 0 Å². The van der Waals surface area contributed by atoms with Gasteiger partial charge in [0.25, 0.3) is 0 Å². The molecule has 0 spiro atoms. The Hall–Kier alpha value is -7.43. The van der Waals surface area contributed by atoms with Gasteiger partial charge in [-0.15, -0.1) is 0 Å². The summed E-state index contributed by atoms with van der Waals surface area (Å²) in [5.74, 6) is 1.83. The molecule has 0 aliphatic carbocycles. The fourth-order valence-corrected chi connectivity index (χ4v) is 8.07. The zero-order valence-corrected chi connectivity index (χ0v) is 29.6. The van der Waals surface area contributed by atoms with Gasteiger partial charge >= 0.3 is 0 Å². The monoisotopic (exact) mass is 701 g/mol. The Balaban J connectivity index is 1.12. The quantitative estimate of drug-likeness (QED) is 0.179. The van der Waals surface area contributed by atoms with Crippen LogP contribution in [0.3, 0.4) is 0 Å². The maximum Gasteiger partial charge on any atom is 0.164 e. The first-order chi connectivity index (χ1) is 27.2. The van der Waals surface area contributed by atoms with Crippen LogP contribution in [0.15, 0.2) is 192 Å². The van der Waals surface area contributed by atoms with Gasteiger partial charge in [0, 0.05) is 33.0 Å². The van der Waals surface area contributed by atoms with Crippen molar-refractivity contribution in [2.75, 3.05) is 0 Å². The predicted octanol–water partition coefficient (Wildman–Crippen LogP) is 13.6. The fourth-order valence-electron chi connectivity index (χ4n) is 8.07. The van der Waals surface area contributed by atoms with Crippen LogP contribution in [0.25, 0.3) is 111 Å². The highest BCUT2D eigenvalue weighted by Crippen LogP contribution is 2.43. The molecule has 0 saturated carbocycles. The number of para-hydroxylation sites is 1. The third kappa shape index (κ3) is 5.26. The summed E-state index contributed by atoms with van der Waals surface area (Å²) in [6, 6.07) is 65.8. The minimum atomic E-state index is 0.595. The topological polar surface area (TPSA) is 51.8 Å². The molecule has 11 rings (SSSR count). The molecule has 0 unspecified atom stereocenters. The van der Waals surface area contributed by atoms with Crippen molar-refractivity contribution in [2.45, 2.75) is 0 Å². The largest absolute Gasteiger partial charge is 0.455 e. The number of nitrogens with zero attached hydrogens (tertiary/aromatic N) is 3. The van der Waals surface area contributed by atoms with Gasteiger partial charge in [-0.2, -0.15) is 0 Å². The van der Waals surface area contributed by atoms with Gasteiger partial charge < -0.3 is 4.42 Å². The van der Waals surface area contributed by atoms with Gasteiger partial charge in [0.1, 0.15) is 11.2 Å². The summed E-state index contributed by atoms with van der Waals surface area (Å²) in [6.45, 7) is 0. The number of aromatic nitrogens is 3. The van der Waals surface area contributed by atoms with Crippen molar-refractivity contribution in [3.05, 3.63) is 188 Å². The Morgan fingerprint density at radius 1 is 0.309 bits per heavy atom. The summed E-state index contributed by atoms with van der Waals surface area (Å²) in [6.07, 6.45) is 0. The van der Waals surface area contributed by atoms with E-state index in [1.54, 1.807) is 0 Å². The van der Waals surface area contributed by atoms with Gasteiger partial charge in [0.2, 0.25) is 0 Å². The van der Waals surface area contributed by atoms with Crippen molar-refractivity contribution in [3.8, 4) is 56.4 Å². The Bertz CT molecular complexity index is 3180. The lowest BCUT2D eigenvalue weighted by Crippen LogP contribution is -2.00. The molecule has 0 radical (unpaired) electrons. The SMILES string of the molecule is c1ccc(-c2cccc3c(-c4cccc5c4oc4cccc(-c6nc(-c7ccc8ccccc8c7)nc(-c7ccc8ccccc8c7)n6)c45)cccc23)cc1. The third-order valence-corrected chi connectivity index (χ3v) is 10.7. The number of hydrogen-bond acceptors (Lipinski definition) is 4. The van der Waals surface area contributed by atoms with E-state index in [1.807, 2.05) is 12.1 Å². The molecule has 0 saturated heterocycles. The average molecular weight is 702 g/mol. The van der Waals surface area contributed by atoms with Crippen molar-refractivity contribution in [3.63, 3.8) is 0 Å². The second-order valence-electron chi connectivity index (χ2n) is 14.0. The number of fused-ring (bicyclic) bond motifs is 6. The normalized spacial score (nSPS) is 11.6. The molecule has 256 valence electrons. The van der Waals surface area contributed by atoms with Gasteiger partial charge in [-0.1, -0.05) is 170 Å². The lowest BCUT2D eigenvalue weighted by molar-refractivity contribution is 0.670. The van der Waals surface area contributed by atoms with Crippen LogP contribution in [0.2, 0.25) is 0 Å². The molecule has 0 bridgehead atoms. The average Bonchev–Trinajstić information content (AvgIpc) is 3.65. The molecule has 0 aliphatic heterocycles. The zero-order valence-electron chi connectivity index (χ0n) is 29.6. The van der Waals surface area contributed by atoms with E-state index in [0.29, 0.717) is 17.5 Å². The van der Waals surface area contributed by atoms with Crippen molar-refractivity contribution in [1.82, 2.24) is 15.0 Å². The van der Waals surface area contributed by atoms with Crippen LogP contribution >= 0.6 is 0 Å². The third-order valence-electron chi connectivity index (χ3n) is 10.7. The van der Waals surface area contributed by atoms with Crippen LogP contribution in [0, 0.1) is 0 Å². The second-order valence-corrected chi connectivity index (χ2v) is 14.0. The lowest BCUT2D eigenvalue weighted by Gasteiger charge is -2.12. The van der Waals surface area contributed by atoms with Gasteiger partial charge in [0.15, 0.2) is 17.5 Å². The number of rotatable bonds is 5. The lowest BCUT2D eigenvalue weighted by atomic mass is 9.92. The van der Waals surface area contributed by atoms with Gasteiger partial charge in [-0.3, -0.25) is 0 Å². The van der Waals surface area contributed by atoms with E-state index < -0.39 is 0 Å². The molecule has 2 aromatic heterocycles. The Morgan fingerprint density at radius 3 is 1.49 bits per heavy atom. The molecule has 0 N–H and O–H groups in total. The highest BCUT2D eigenvalue weighted by molar-refractivity contribution is 6.17. The predicted molar refractivity (Wildman–Crippen MR) is 227 cm³/mol. The summed E-state index contributed by atoms with van der Waals surface area (Å²) < 4.78 is 6.82. The van der Waals surface area contributed by atoms with Gasteiger partial charge in [-0.25, -0.2) is 15.0 Å². The van der Waals surface area contributed by atoms with E-state index >= 15 is 0 Å². The number of furan rings is 1. The van der Waals surface area contributed by atoms with E-state index in [9.17, 15) is 0 Å². The summed E-state index contributed by atoms with van der Waals surface area (Å²) in [5, 5.41) is 8.97. The fraction of sp³-hybridized carbons (Fsp3) is 0. The molecule has 0 aliphatic rings. The van der Waals surface area contributed by atoms with Crippen molar-refractivity contribution < 1.29 is 4.42 Å². The minimum Gasteiger partial charge on any atom is -0.455 e. The smallest absolute Gasteiger partial charge is 0.164 e. The van der Waals surface area contributed by atoms with Crippen molar-refractivity contribution >= 4 is 54.3 Å². The molecule has 0 fully saturated rings. The highest BCUT2D eigenvalue weighted by atomic mass is 16.3. The number of benzene rings is 9. The molecule has 55 heavy (non-hydrogen) atoms. The van der Waals surface area contributed by atoms with Gasteiger partial charge in [0.05, 0.1) is 0 Å². The Labute approximate surface area is 317 Å². The Kier molecular flexibility index (Phi) is 7.14. The van der Waals surface area contributed by atoms with Crippen molar-refractivity contribution in [1.29, 1.82) is 0 Å². The van der Waals surface area contributed by atoms with Crippen LogP contribution in [0.1, 0.15) is 0 Å². The van der Waals surface area contributed by atoms with E-state index in [1.165, 1.54) is 32.7 Å². The molecule has 2 heterocycles. The standard InChI is InChI=1S/C51H31N3O/c1-2-14-34(15-3-1)39-18-8-20-41-40(39)19-9-21-42(41)43-22-10-23-44-47-45(24-11-25-46(47)55-48(43)44)51-53-49(37-28-26-32-12-4-6-16-35(32)30-37)52-50(54-51)38-29-27-33-13-5-7-17-36(33)31-38/h1-31H. The maximum atomic E-state index is 6.82. The maximum absolute atomic E-state index is 6.82. The van der Waals surface area contributed by atoms with Crippen LogP contribution in [-0.4, -0.2) is 15.0 Å². The first kappa shape index (κ1) is 31.1. The molecule has 4 heteroatoms. The van der Waals surface area contributed by atoms with E-state index in [0.717, 1.165) is 60.5 Å². The van der Waals surface area contributed by atoms with E-state index in [4.69, 9.17) is 19.4 Å². The molecule has 11 aromatic rings. The minimum absolute atomic E-state index is 0.595. The van der Waals surface area contributed by atoms with E-state index in [2.05, 4.69) is 176 Å². The zero-order chi connectivity index (χ0) is 36.3. The summed E-state index contributed by atoms with van der Waals surface area (Å²) in [4.78, 5) is 15.5. The van der Waals surface area contributed by atoms with Crippen LogP contribution in [0.4, 0.5) is 0 Å². The molecule has 0 amide bonds. The van der Waals surface area contributed by atoms with Crippen LogP contribution in [0.5, 0.6) is 0 Å². The first-order valence-corrected chi connectivity index (χ1v) is 18.5. The molecule has 4 nitrogen and oxygen atoms in total. The molecule has 9 aromatic carbocycles. The first-order valence-electron chi connectivity index (χ1n) is 18.5. The summed E-state index contributed by atoms with van der Waals surface area (Å²) >= 11 is 0. The van der Waals surface area contributed by atoms with Gasteiger partial charge in [-0.05, 0) is 67.2 Å². The Morgan fingerprint density at radius 2 is 0.818 bits per heavy atom. The summed E-state index contributed by atoms with van der Waals surface area (Å²) in [5.41, 5.74) is 8.94. The van der Waals surface area contributed by atoms with Crippen LogP contribution < -0.4 is 0 Å². The second kappa shape index (κ2) is 12.6. The number of hydrogen-bond donors (Lipinski definition) is 0. The van der Waals surface area contributed by atoms with E-state index in [-0.39, 0.29) is 0 Å².